The van der Waals surface area contributed by atoms with Crippen molar-refractivity contribution in [3.63, 3.8) is 0 Å². The zero-order valence-electron chi connectivity index (χ0n) is 16.6. The van der Waals surface area contributed by atoms with Crippen LogP contribution in [0.15, 0.2) is 48.5 Å². The van der Waals surface area contributed by atoms with Crippen molar-refractivity contribution in [2.75, 3.05) is 14.2 Å². The number of amides is 2. The van der Waals surface area contributed by atoms with Crippen molar-refractivity contribution in [3.05, 3.63) is 65.2 Å². The van der Waals surface area contributed by atoms with Gasteiger partial charge in [-0.15, -0.1) is 0 Å². The summed E-state index contributed by atoms with van der Waals surface area (Å²) in [5, 5.41) is 12.0. The summed E-state index contributed by atoms with van der Waals surface area (Å²) in [4.78, 5) is 25.2. The first-order valence-corrected chi connectivity index (χ1v) is 9.30. The number of nitrogens with zero attached hydrogens (tertiary/aromatic N) is 1. The fourth-order valence-electron chi connectivity index (χ4n) is 3.09. The monoisotopic (exact) mass is 384 g/mol. The Labute approximate surface area is 166 Å². The largest absolute Gasteiger partial charge is 0.496 e. The average molecular weight is 384 g/mol. The molecular formula is C22H28N2O4. The molecule has 1 atom stereocenters. The van der Waals surface area contributed by atoms with E-state index in [0.717, 1.165) is 22.4 Å². The highest BCUT2D eigenvalue weighted by Gasteiger charge is 2.17. The standard InChI is InChI=1S/C22H28N2O4/c1-16-13-18(9-11-20(16)28-3)15-24(2)22(27)23-19(10-12-21(25)26)14-17-7-5-4-6-8-17/h4-9,11,13,19H,10,12,14-15H2,1-3H3,(H,23,27)(H,25,26). The number of hydrogen-bond acceptors (Lipinski definition) is 3. The van der Waals surface area contributed by atoms with Crippen LogP contribution in [0.25, 0.3) is 0 Å². The lowest BCUT2D eigenvalue weighted by Gasteiger charge is -2.24. The van der Waals surface area contributed by atoms with Crippen LogP contribution in [0.1, 0.15) is 29.5 Å². The minimum absolute atomic E-state index is 0.0131. The first kappa shape index (κ1) is 21.3. The fraction of sp³-hybridized carbons (Fsp3) is 0.364. The first-order valence-electron chi connectivity index (χ1n) is 9.30. The van der Waals surface area contributed by atoms with E-state index in [1.165, 1.54) is 0 Å². The Kier molecular flexibility index (Phi) is 7.87. The molecule has 1 unspecified atom stereocenters. The lowest BCUT2D eigenvalue weighted by Crippen LogP contribution is -2.44. The van der Waals surface area contributed by atoms with Crippen LogP contribution in [0.3, 0.4) is 0 Å². The molecule has 28 heavy (non-hydrogen) atoms. The summed E-state index contributed by atoms with van der Waals surface area (Å²) in [6.07, 6.45) is 0.986. The highest BCUT2D eigenvalue weighted by molar-refractivity contribution is 5.74. The Bertz CT molecular complexity index is 792. The number of hydrogen-bond donors (Lipinski definition) is 2. The Morgan fingerprint density at radius 1 is 1.14 bits per heavy atom. The van der Waals surface area contributed by atoms with Gasteiger partial charge in [0.05, 0.1) is 7.11 Å². The Hall–Kier alpha value is -3.02. The zero-order chi connectivity index (χ0) is 20.5. The molecule has 2 aromatic rings. The fourth-order valence-corrected chi connectivity index (χ4v) is 3.09. The molecule has 2 amide bonds. The third kappa shape index (κ3) is 6.61. The molecule has 0 saturated heterocycles. The summed E-state index contributed by atoms with van der Waals surface area (Å²) in [5.74, 6) is -0.0539. The predicted molar refractivity (Wildman–Crippen MR) is 109 cm³/mol. The van der Waals surface area contributed by atoms with Crippen molar-refractivity contribution in [2.24, 2.45) is 0 Å². The summed E-state index contributed by atoms with van der Waals surface area (Å²) in [6, 6.07) is 15.1. The van der Waals surface area contributed by atoms with Crippen LogP contribution in [-0.2, 0) is 17.8 Å². The van der Waals surface area contributed by atoms with E-state index in [0.29, 0.717) is 19.4 Å². The lowest BCUT2D eigenvalue weighted by molar-refractivity contribution is -0.137. The van der Waals surface area contributed by atoms with Gasteiger partial charge in [0.1, 0.15) is 5.75 Å². The van der Waals surface area contributed by atoms with Crippen LogP contribution in [0.2, 0.25) is 0 Å². The van der Waals surface area contributed by atoms with Gasteiger partial charge in [-0.3, -0.25) is 4.79 Å². The van der Waals surface area contributed by atoms with E-state index in [4.69, 9.17) is 9.84 Å². The third-order valence-electron chi connectivity index (χ3n) is 4.58. The smallest absolute Gasteiger partial charge is 0.317 e. The molecule has 6 nitrogen and oxygen atoms in total. The highest BCUT2D eigenvalue weighted by atomic mass is 16.5. The van der Waals surface area contributed by atoms with Gasteiger partial charge in [-0.1, -0.05) is 42.5 Å². The number of carboxylic acid groups (broad SMARTS) is 1. The molecule has 150 valence electrons. The van der Waals surface area contributed by atoms with Crippen LogP contribution in [0.4, 0.5) is 4.79 Å². The molecular weight excluding hydrogens is 356 g/mol. The SMILES string of the molecule is COc1ccc(CN(C)C(=O)NC(CCC(=O)O)Cc2ccccc2)cc1C. The maximum absolute atomic E-state index is 12.6. The molecule has 2 N–H and O–H groups in total. The summed E-state index contributed by atoms with van der Waals surface area (Å²) < 4.78 is 5.27. The highest BCUT2D eigenvalue weighted by Crippen LogP contribution is 2.19. The van der Waals surface area contributed by atoms with Gasteiger partial charge >= 0.3 is 12.0 Å². The Morgan fingerprint density at radius 3 is 2.46 bits per heavy atom. The molecule has 0 aliphatic rings. The Morgan fingerprint density at radius 2 is 1.86 bits per heavy atom. The molecule has 0 aliphatic heterocycles. The van der Waals surface area contributed by atoms with E-state index in [9.17, 15) is 9.59 Å². The van der Waals surface area contributed by atoms with Crippen LogP contribution in [0, 0.1) is 6.92 Å². The van der Waals surface area contributed by atoms with E-state index in [2.05, 4.69) is 5.32 Å². The molecule has 0 aromatic heterocycles. The summed E-state index contributed by atoms with van der Waals surface area (Å²) in [6.45, 7) is 2.41. The second kappa shape index (κ2) is 10.3. The maximum atomic E-state index is 12.6. The van der Waals surface area contributed by atoms with Crippen LogP contribution < -0.4 is 10.1 Å². The van der Waals surface area contributed by atoms with E-state index < -0.39 is 5.97 Å². The molecule has 0 radical (unpaired) electrons. The second-order valence-electron chi connectivity index (χ2n) is 6.93. The van der Waals surface area contributed by atoms with Crippen molar-refractivity contribution < 1.29 is 19.4 Å². The molecule has 0 saturated carbocycles. The number of benzene rings is 2. The average Bonchev–Trinajstić information content (AvgIpc) is 2.67. The van der Waals surface area contributed by atoms with Gasteiger partial charge in [-0.2, -0.15) is 0 Å². The van der Waals surface area contributed by atoms with Gasteiger partial charge in [0.25, 0.3) is 0 Å². The lowest BCUT2D eigenvalue weighted by atomic mass is 10.0. The van der Waals surface area contributed by atoms with E-state index >= 15 is 0 Å². The number of urea groups is 1. The van der Waals surface area contributed by atoms with Gasteiger partial charge in [-0.05, 0) is 42.5 Å². The number of ether oxygens (including phenoxy) is 1. The van der Waals surface area contributed by atoms with E-state index in [1.54, 1.807) is 19.1 Å². The van der Waals surface area contributed by atoms with Gasteiger partial charge in [0.2, 0.25) is 0 Å². The molecule has 6 heteroatoms. The maximum Gasteiger partial charge on any atom is 0.317 e. The van der Waals surface area contributed by atoms with Gasteiger partial charge in [0, 0.05) is 26.1 Å². The van der Waals surface area contributed by atoms with Crippen molar-refractivity contribution >= 4 is 12.0 Å². The molecule has 0 bridgehead atoms. The van der Waals surface area contributed by atoms with Crippen molar-refractivity contribution in [1.82, 2.24) is 10.2 Å². The molecule has 2 rings (SSSR count). The van der Waals surface area contributed by atoms with Crippen LogP contribution >= 0.6 is 0 Å². The predicted octanol–water partition coefficient (Wildman–Crippen LogP) is 3.62. The number of carbonyl (C=O) groups excluding carboxylic acids is 1. The molecule has 0 aliphatic carbocycles. The van der Waals surface area contributed by atoms with Crippen molar-refractivity contribution in [2.45, 2.75) is 38.8 Å². The van der Waals surface area contributed by atoms with E-state index in [-0.39, 0.29) is 18.5 Å². The number of methoxy groups -OCH3 is 1. The number of aliphatic carboxylic acids is 1. The number of carbonyl (C=O) groups is 2. The van der Waals surface area contributed by atoms with Crippen LogP contribution in [-0.4, -0.2) is 42.2 Å². The normalized spacial score (nSPS) is 11.5. The van der Waals surface area contributed by atoms with Crippen molar-refractivity contribution in [1.29, 1.82) is 0 Å². The van der Waals surface area contributed by atoms with Crippen molar-refractivity contribution in [3.8, 4) is 5.75 Å². The van der Waals surface area contributed by atoms with Gasteiger partial charge in [0.15, 0.2) is 0 Å². The summed E-state index contributed by atoms with van der Waals surface area (Å²) in [5.41, 5.74) is 3.07. The first-order chi connectivity index (χ1) is 13.4. The Balaban J connectivity index is 2.00. The second-order valence-corrected chi connectivity index (χ2v) is 6.93. The summed E-state index contributed by atoms with van der Waals surface area (Å²) >= 11 is 0. The number of aryl methyl sites for hydroxylation is 1. The van der Waals surface area contributed by atoms with E-state index in [1.807, 2.05) is 55.5 Å². The molecule has 2 aromatic carbocycles. The number of carboxylic acids is 1. The topological polar surface area (TPSA) is 78.9 Å². The quantitative estimate of drug-likeness (QED) is 0.692. The molecule has 0 heterocycles. The minimum Gasteiger partial charge on any atom is -0.496 e. The molecule has 0 fully saturated rings. The zero-order valence-corrected chi connectivity index (χ0v) is 16.6. The number of nitrogens with one attached hydrogen (secondary N) is 1. The third-order valence-corrected chi connectivity index (χ3v) is 4.58. The number of rotatable bonds is 9. The molecule has 0 spiro atoms. The van der Waals surface area contributed by atoms with Crippen LogP contribution in [0.5, 0.6) is 5.75 Å². The van der Waals surface area contributed by atoms with Gasteiger partial charge < -0.3 is 20.1 Å². The summed E-state index contributed by atoms with van der Waals surface area (Å²) in [7, 11) is 3.36. The minimum atomic E-state index is -0.866. The van der Waals surface area contributed by atoms with Gasteiger partial charge in [-0.25, -0.2) is 4.79 Å².